The summed E-state index contributed by atoms with van der Waals surface area (Å²) < 4.78 is 0. The molecule has 4 nitrogen and oxygen atoms in total. The smallest absolute Gasteiger partial charge is 0.791 e. The largest absolute Gasteiger partial charge is 3.00 e. The van der Waals surface area contributed by atoms with Gasteiger partial charge in [0.1, 0.15) is 0 Å². The van der Waals surface area contributed by atoms with Gasteiger partial charge in [0.2, 0.25) is 0 Å². The van der Waals surface area contributed by atoms with Gasteiger partial charge in [-0.05, 0) is 26.2 Å². The third kappa shape index (κ3) is 161. The first-order valence-corrected chi connectivity index (χ1v) is 7.10. The van der Waals surface area contributed by atoms with Crippen molar-refractivity contribution in [2.75, 3.05) is 49.2 Å². The predicted molar refractivity (Wildman–Crippen MR) is 85.1 cm³/mol. The Kier molecular flexibility index (Phi) is 159. The van der Waals surface area contributed by atoms with Crippen LogP contribution < -0.4 is 22.9 Å². The SMILES string of the molecule is NCC[S-].NCC[S-].NCC[S-].NCC[S-].[Ni+3].[Ni+3].[Ni]. The molecular formula is C8H24N4Ni3S4+2. The normalized spacial score (nSPS) is 6.32. The van der Waals surface area contributed by atoms with Gasteiger partial charge in [-0.3, -0.25) is 0 Å². The maximum absolute atomic E-state index is 4.92. The van der Waals surface area contributed by atoms with Crippen LogP contribution in [0.25, 0.3) is 0 Å². The second-order valence-electron chi connectivity index (χ2n) is 1.97. The fraction of sp³-hybridized carbons (Fsp3) is 1.00. The number of rotatable bonds is 4. The minimum Gasteiger partial charge on any atom is -0.791 e. The van der Waals surface area contributed by atoms with E-state index in [9.17, 15) is 0 Å². The average molecular weight is 481 g/mol. The molecular weight excluding hydrogens is 456 g/mol. The summed E-state index contributed by atoms with van der Waals surface area (Å²) in [5.41, 5.74) is 19.7. The number of hydrogen-bond donors (Lipinski definition) is 4. The molecule has 0 amide bonds. The molecule has 128 valence electrons. The van der Waals surface area contributed by atoms with Crippen LogP contribution in [0.4, 0.5) is 0 Å². The van der Waals surface area contributed by atoms with E-state index in [4.69, 9.17) is 22.9 Å². The van der Waals surface area contributed by atoms with Crippen LogP contribution in [-0.2, 0) is 100.0 Å². The zero-order valence-electron chi connectivity index (χ0n) is 10.5. The molecule has 0 aromatic rings. The van der Waals surface area contributed by atoms with E-state index < -0.39 is 0 Å². The van der Waals surface area contributed by atoms with E-state index in [1.807, 2.05) is 0 Å². The Labute approximate surface area is 170 Å². The van der Waals surface area contributed by atoms with Gasteiger partial charge in [-0.2, -0.15) is 23.0 Å². The van der Waals surface area contributed by atoms with Crippen LogP contribution in [0, 0.1) is 0 Å². The third-order valence-corrected chi connectivity index (χ3v) is 1.41. The van der Waals surface area contributed by atoms with Crippen LogP contribution in [0.3, 0.4) is 0 Å². The van der Waals surface area contributed by atoms with Crippen LogP contribution in [0.2, 0.25) is 0 Å². The Balaban J connectivity index is -0.0000000192. The predicted octanol–water partition coefficient (Wildman–Crippen LogP) is -2.04. The molecule has 0 aliphatic heterocycles. The van der Waals surface area contributed by atoms with Crippen LogP contribution >= 0.6 is 0 Å². The zero-order chi connectivity index (χ0) is 13.7. The first-order valence-electron chi connectivity index (χ1n) is 4.79. The van der Waals surface area contributed by atoms with Crippen molar-refractivity contribution in [3.63, 3.8) is 0 Å². The van der Waals surface area contributed by atoms with Gasteiger partial charge in [0, 0.05) is 16.5 Å². The van der Waals surface area contributed by atoms with Gasteiger partial charge in [0.05, 0.1) is 0 Å². The van der Waals surface area contributed by atoms with Crippen molar-refractivity contribution in [3.05, 3.63) is 0 Å². The summed E-state index contributed by atoms with van der Waals surface area (Å²) in [7, 11) is 0. The first-order chi connectivity index (χ1) is 7.66. The van der Waals surface area contributed by atoms with Crippen molar-refractivity contribution in [3.8, 4) is 0 Å². The van der Waals surface area contributed by atoms with Gasteiger partial charge in [-0.25, -0.2) is 0 Å². The molecule has 0 bridgehead atoms. The Morgan fingerprint density at radius 3 is 0.526 bits per heavy atom. The van der Waals surface area contributed by atoms with E-state index in [0.29, 0.717) is 49.2 Å². The monoisotopic (exact) mass is 478 g/mol. The molecule has 0 aromatic carbocycles. The van der Waals surface area contributed by atoms with Gasteiger partial charge < -0.3 is 73.4 Å². The number of nitrogens with two attached hydrogens (primary N) is 4. The van der Waals surface area contributed by atoms with Gasteiger partial charge in [-0.1, -0.05) is 0 Å². The molecule has 19 heavy (non-hydrogen) atoms. The summed E-state index contributed by atoms with van der Waals surface area (Å²) in [6.45, 7) is 2.54. The molecule has 0 aliphatic rings. The van der Waals surface area contributed by atoms with Crippen molar-refractivity contribution in [2.24, 2.45) is 22.9 Å². The van der Waals surface area contributed by atoms with Gasteiger partial charge >= 0.3 is 33.0 Å². The molecule has 0 saturated heterocycles. The van der Waals surface area contributed by atoms with Crippen LogP contribution in [0.1, 0.15) is 0 Å². The maximum Gasteiger partial charge on any atom is 3.00 e. The van der Waals surface area contributed by atoms with E-state index in [2.05, 4.69) is 50.5 Å². The molecule has 0 aromatic heterocycles. The fourth-order valence-corrected chi connectivity index (χ4v) is 0. The second kappa shape index (κ2) is 70.1. The molecule has 11 heteroatoms. The Bertz CT molecular complexity index is 60.0. The van der Waals surface area contributed by atoms with Crippen molar-refractivity contribution in [1.82, 2.24) is 0 Å². The quantitative estimate of drug-likeness (QED) is 0.270. The molecule has 0 atom stereocenters. The molecule has 0 spiro atoms. The average Bonchev–Trinajstić information content (AvgIpc) is 2.39. The topological polar surface area (TPSA) is 104 Å². The Hall–Kier alpha value is 2.72. The fourth-order valence-electron chi connectivity index (χ4n) is 0. The van der Waals surface area contributed by atoms with Crippen molar-refractivity contribution < 1.29 is 49.5 Å². The van der Waals surface area contributed by atoms with Crippen molar-refractivity contribution in [1.29, 1.82) is 0 Å². The molecule has 0 unspecified atom stereocenters. The van der Waals surface area contributed by atoms with E-state index in [0.717, 1.165) is 0 Å². The summed E-state index contributed by atoms with van der Waals surface area (Å²) >= 11 is 17.7. The molecule has 0 fully saturated rings. The minimum absolute atomic E-state index is 0. The maximum atomic E-state index is 4.92. The summed E-state index contributed by atoms with van der Waals surface area (Å²) in [4.78, 5) is 0. The zero-order valence-corrected chi connectivity index (χ0v) is 16.8. The van der Waals surface area contributed by atoms with Crippen LogP contribution in [0.5, 0.6) is 0 Å². The molecule has 0 rings (SSSR count). The van der Waals surface area contributed by atoms with E-state index >= 15 is 0 Å². The third-order valence-electron chi connectivity index (χ3n) is 0.471. The summed E-state index contributed by atoms with van der Waals surface area (Å²) in [6, 6.07) is 0. The first kappa shape index (κ1) is 43.0. The van der Waals surface area contributed by atoms with Gasteiger partial charge in [-0.15, -0.1) is 0 Å². The summed E-state index contributed by atoms with van der Waals surface area (Å²) in [6.07, 6.45) is 0. The number of hydrogen-bond acceptors (Lipinski definition) is 8. The van der Waals surface area contributed by atoms with E-state index in [1.54, 1.807) is 0 Å². The molecule has 2 radical (unpaired) electrons. The van der Waals surface area contributed by atoms with Crippen molar-refractivity contribution in [2.45, 2.75) is 0 Å². The van der Waals surface area contributed by atoms with Crippen LogP contribution in [-0.4, -0.2) is 49.2 Å². The molecule has 0 saturated carbocycles. The minimum atomic E-state index is 0. The summed E-state index contributed by atoms with van der Waals surface area (Å²) in [5, 5.41) is 0. The van der Waals surface area contributed by atoms with E-state index in [-0.39, 0.29) is 49.5 Å². The Morgan fingerprint density at radius 2 is 0.526 bits per heavy atom. The van der Waals surface area contributed by atoms with Crippen molar-refractivity contribution >= 4 is 50.5 Å². The van der Waals surface area contributed by atoms with E-state index in [1.165, 1.54) is 0 Å². The summed E-state index contributed by atoms with van der Waals surface area (Å²) in [5.74, 6) is 2.72. The molecule has 0 aliphatic carbocycles. The Morgan fingerprint density at radius 1 is 0.474 bits per heavy atom. The second-order valence-corrected chi connectivity index (χ2v) is 3.60. The van der Waals surface area contributed by atoms with Gasteiger partial charge in [0.25, 0.3) is 0 Å². The molecule has 8 N–H and O–H groups in total. The van der Waals surface area contributed by atoms with Gasteiger partial charge in [0.15, 0.2) is 0 Å². The molecule has 0 heterocycles. The van der Waals surface area contributed by atoms with Crippen LogP contribution in [0.15, 0.2) is 0 Å². The standard InChI is InChI=1S/4C2H7NS.3Ni/c4*3-1-2-4;;;/h4*4H,1-3H2;;;/q;;;;;2*+3/p-4.